The van der Waals surface area contributed by atoms with Crippen molar-refractivity contribution in [2.24, 2.45) is 11.8 Å². The highest BCUT2D eigenvalue weighted by Crippen LogP contribution is 2.41. The van der Waals surface area contributed by atoms with Crippen LogP contribution in [0.3, 0.4) is 0 Å². The Morgan fingerprint density at radius 1 is 0.543 bits per heavy atom. The monoisotopic (exact) mass is 746 g/mol. The van der Waals surface area contributed by atoms with E-state index >= 15 is 0 Å². The molecule has 4 atom stereocenters. The van der Waals surface area contributed by atoms with Gasteiger partial charge in [0.2, 0.25) is 0 Å². The number of rotatable bonds is 10. The van der Waals surface area contributed by atoms with Crippen molar-refractivity contribution in [3.05, 3.63) is 103 Å². The summed E-state index contributed by atoms with van der Waals surface area (Å²) >= 11 is 7.09. The number of halogens is 2. The van der Waals surface area contributed by atoms with Crippen molar-refractivity contribution in [3.63, 3.8) is 0 Å². The van der Waals surface area contributed by atoms with Gasteiger partial charge in [0.1, 0.15) is 20.8 Å². The molecule has 8 heteroatoms. The summed E-state index contributed by atoms with van der Waals surface area (Å²) in [4.78, 5) is 19.1. The van der Waals surface area contributed by atoms with Crippen LogP contribution in [0.1, 0.15) is 111 Å². The molecule has 2 N–H and O–H groups in total. The first-order chi connectivity index (χ1) is 22.3. The molecule has 0 amide bonds. The molecule has 0 fully saturated rings. The van der Waals surface area contributed by atoms with Crippen LogP contribution in [-0.4, -0.2) is 19.9 Å². The van der Waals surface area contributed by atoms with Gasteiger partial charge in [-0.3, -0.25) is 0 Å². The fourth-order valence-electron chi connectivity index (χ4n) is 6.94. The SMILES string of the molecule is CCc1nc(N[C@@H]2c3ccccc3C[C@@H]2CC)c(CC)nc1Br.CCc1nc(N[C@@H]2c3ccccc3C[C@H]2CC)c(CC)nc1Br. The Hall–Kier alpha value is -2.84. The summed E-state index contributed by atoms with van der Waals surface area (Å²) in [5.74, 6) is 3.14. The average molecular weight is 749 g/mol. The summed E-state index contributed by atoms with van der Waals surface area (Å²) in [6, 6.07) is 18.2. The summed E-state index contributed by atoms with van der Waals surface area (Å²) in [5, 5.41) is 7.45. The van der Waals surface area contributed by atoms with E-state index in [0.29, 0.717) is 23.9 Å². The van der Waals surface area contributed by atoms with E-state index < -0.39 is 0 Å². The minimum Gasteiger partial charge on any atom is -0.361 e. The van der Waals surface area contributed by atoms with Crippen LogP contribution >= 0.6 is 31.9 Å². The number of aryl methyl sites for hydroxylation is 4. The van der Waals surface area contributed by atoms with Gasteiger partial charge in [0.05, 0.1) is 34.9 Å². The summed E-state index contributed by atoms with van der Waals surface area (Å²) < 4.78 is 1.75. The van der Waals surface area contributed by atoms with E-state index in [0.717, 1.165) is 82.1 Å². The maximum Gasteiger partial charge on any atom is 0.148 e. The van der Waals surface area contributed by atoms with Crippen molar-refractivity contribution in [3.8, 4) is 0 Å². The Kier molecular flexibility index (Phi) is 11.9. The first kappa shape index (κ1) is 34.5. The lowest BCUT2D eigenvalue weighted by Crippen LogP contribution is -2.19. The van der Waals surface area contributed by atoms with Crippen molar-refractivity contribution < 1.29 is 0 Å². The van der Waals surface area contributed by atoms with Gasteiger partial charge in [-0.05, 0) is 104 Å². The summed E-state index contributed by atoms with van der Waals surface area (Å²) in [6.45, 7) is 13.0. The molecule has 0 aliphatic heterocycles. The minimum absolute atomic E-state index is 0.335. The standard InChI is InChI=1S/2C19H24BrN3/c2*1-4-12-11-13-9-7-8-10-14(13)17(12)23-19-16(6-3)21-18(20)15(5-2)22-19/h2*7-10,12,17H,4-6,11H2,1-3H3,(H,22,23)/t12-,17+;12-,17-/m10/s1. The predicted molar refractivity (Wildman–Crippen MR) is 198 cm³/mol. The van der Waals surface area contributed by atoms with Gasteiger partial charge in [0.15, 0.2) is 0 Å². The van der Waals surface area contributed by atoms with Crippen molar-refractivity contribution in [2.75, 3.05) is 10.6 Å². The molecule has 0 spiro atoms. The van der Waals surface area contributed by atoms with Gasteiger partial charge in [-0.2, -0.15) is 0 Å². The van der Waals surface area contributed by atoms with Gasteiger partial charge in [0, 0.05) is 0 Å². The molecule has 2 aromatic heterocycles. The molecule has 46 heavy (non-hydrogen) atoms. The molecule has 0 bridgehead atoms. The number of hydrogen-bond donors (Lipinski definition) is 2. The highest BCUT2D eigenvalue weighted by molar-refractivity contribution is 9.10. The predicted octanol–water partition coefficient (Wildman–Crippen LogP) is 10.2. The zero-order chi connectivity index (χ0) is 32.8. The number of anilines is 2. The van der Waals surface area contributed by atoms with Crippen LogP contribution in [0.5, 0.6) is 0 Å². The summed E-state index contributed by atoms with van der Waals surface area (Å²) in [6.07, 6.45) is 8.14. The lowest BCUT2D eigenvalue weighted by Gasteiger charge is -2.23. The second kappa shape index (κ2) is 15.8. The van der Waals surface area contributed by atoms with E-state index in [1.54, 1.807) is 0 Å². The molecule has 0 radical (unpaired) electrons. The number of benzene rings is 2. The smallest absolute Gasteiger partial charge is 0.148 e. The Morgan fingerprint density at radius 3 is 1.26 bits per heavy atom. The Bertz CT molecular complexity index is 1520. The van der Waals surface area contributed by atoms with E-state index in [1.165, 1.54) is 35.1 Å². The van der Waals surface area contributed by atoms with Crippen LogP contribution in [0.15, 0.2) is 57.7 Å². The van der Waals surface area contributed by atoms with Crippen molar-refractivity contribution in [2.45, 2.75) is 105 Å². The first-order valence-electron chi connectivity index (χ1n) is 17.1. The van der Waals surface area contributed by atoms with Gasteiger partial charge >= 0.3 is 0 Å². The molecule has 0 saturated heterocycles. The first-order valence-corrected chi connectivity index (χ1v) is 18.7. The molecule has 6 rings (SSSR count). The summed E-state index contributed by atoms with van der Waals surface area (Å²) in [5.41, 5.74) is 9.88. The van der Waals surface area contributed by atoms with Crippen LogP contribution in [0, 0.1) is 11.8 Å². The second-order valence-electron chi connectivity index (χ2n) is 12.3. The molecule has 0 unspecified atom stereocenters. The van der Waals surface area contributed by atoms with Gasteiger partial charge in [-0.1, -0.05) is 103 Å². The molecule has 244 valence electrons. The molecule has 2 aromatic carbocycles. The van der Waals surface area contributed by atoms with E-state index in [1.807, 2.05) is 0 Å². The number of hydrogen-bond acceptors (Lipinski definition) is 6. The molecular weight excluding hydrogens is 700 g/mol. The van der Waals surface area contributed by atoms with E-state index in [9.17, 15) is 0 Å². The largest absolute Gasteiger partial charge is 0.361 e. The van der Waals surface area contributed by atoms with Crippen LogP contribution in [0.2, 0.25) is 0 Å². The number of fused-ring (bicyclic) bond motifs is 2. The van der Waals surface area contributed by atoms with E-state index in [4.69, 9.17) is 19.9 Å². The van der Waals surface area contributed by atoms with Gasteiger partial charge in [-0.15, -0.1) is 0 Å². The topological polar surface area (TPSA) is 75.6 Å². The molecular formula is C38H48Br2N6. The van der Waals surface area contributed by atoms with Crippen molar-refractivity contribution >= 4 is 43.5 Å². The zero-order valence-corrected chi connectivity index (χ0v) is 31.3. The molecule has 6 nitrogen and oxygen atoms in total. The second-order valence-corrected chi connectivity index (χ2v) is 13.8. The van der Waals surface area contributed by atoms with E-state index in [-0.39, 0.29) is 0 Å². The van der Waals surface area contributed by atoms with Crippen LogP contribution < -0.4 is 10.6 Å². The van der Waals surface area contributed by atoms with Gasteiger partial charge in [-0.25, -0.2) is 19.9 Å². The number of nitrogens with zero attached hydrogens (tertiary/aromatic N) is 4. The van der Waals surface area contributed by atoms with E-state index in [2.05, 4.69) is 133 Å². The third-order valence-electron chi connectivity index (χ3n) is 9.64. The van der Waals surface area contributed by atoms with Crippen molar-refractivity contribution in [1.29, 1.82) is 0 Å². The number of nitrogens with one attached hydrogen (secondary N) is 2. The normalized spacial score (nSPS) is 19.7. The molecule has 0 saturated carbocycles. The molecule has 2 heterocycles. The fraction of sp³-hybridized carbons (Fsp3) is 0.474. The lowest BCUT2D eigenvalue weighted by atomic mass is 9.98. The third kappa shape index (κ3) is 7.33. The molecule has 2 aliphatic rings. The highest BCUT2D eigenvalue weighted by atomic mass is 79.9. The Morgan fingerprint density at radius 2 is 0.913 bits per heavy atom. The maximum absolute atomic E-state index is 4.85. The van der Waals surface area contributed by atoms with Crippen LogP contribution in [-0.2, 0) is 38.5 Å². The Labute approximate surface area is 292 Å². The third-order valence-corrected chi connectivity index (χ3v) is 10.9. The summed E-state index contributed by atoms with van der Waals surface area (Å²) in [7, 11) is 0. The molecule has 4 aromatic rings. The van der Waals surface area contributed by atoms with Crippen LogP contribution in [0.4, 0.5) is 11.6 Å². The Balaban J connectivity index is 0.000000181. The molecule has 2 aliphatic carbocycles. The lowest BCUT2D eigenvalue weighted by molar-refractivity contribution is 0.474. The quantitative estimate of drug-likeness (QED) is 0.168. The average Bonchev–Trinajstić information content (AvgIpc) is 3.63. The van der Waals surface area contributed by atoms with Gasteiger partial charge in [0.25, 0.3) is 0 Å². The number of aromatic nitrogens is 4. The van der Waals surface area contributed by atoms with Crippen molar-refractivity contribution in [1.82, 2.24) is 19.9 Å². The zero-order valence-electron chi connectivity index (χ0n) is 28.1. The minimum atomic E-state index is 0.335. The maximum atomic E-state index is 4.85. The fourth-order valence-corrected chi connectivity index (χ4v) is 8.10. The van der Waals surface area contributed by atoms with Crippen LogP contribution in [0.25, 0.3) is 0 Å². The van der Waals surface area contributed by atoms with Gasteiger partial charge < -0.3 is 10.6 Å². The highest BCUT2D eigenvalue weighted by Gasteiger charge is 2.33.